The van der Waals surface area contributed by atoms with Crippen molar-refractivity contribution in [1.82, 2.24) is 5.32 Å². The Morgan fingerprint density at radius 3 is 2.62 bits per heavy atom. The van der Waals surface area contributed by atoms with Crippen molar-refractivity contribution in [1.29, 1.82) is 0 Å². The molecule has 0 fully saturated rings. The Morgan fingerprint density at radius 2 is 1.95 bits per heavy atom. The highest BCUT2D eigenvalue weighted by Crippen LogP contribution is 2.21. The molecule has 0 radical (unpaired) electrons. The molecule has 1 amide bonds. The number of amides is 1. The number of carbonyl (C=O) groups is 1. The molecule has 0 heterocycles. The molecule has 0 aliphatic heterocycles. The second-order valence-corrected chi connectivity index (χ2v) is 6.42. The first-order chi connectivity index (χ1) is 9.97. The van der Waals surface area contributed by atoms with E-state index in [1.807, 2.05) is 31.2 Å². The van der Waals surface area contributed by atoms with E-state index in [2.05, 4.69) is 21.2 Å². The molecule has 1 N–H and O–H groups in total. The van der Waals surface area contributed by atoms with Crippen molar-refractivity contribution in [3.05, 3.63) is 67.6 Å². The van der Waals surface area contributed by atoms with E-state index in [0.717, 1.165) is 15.6 Å². The lowest BCUT2D eigenvalue weighted by molar-refractivity contribution is 0.0953. The fourth-order valence-corrected chi connectivity index (χ4v) is 3.11. The van der Waals surface area contributed by atoms with Crippen LogP contribution in [0.15, 0.2) is 40.9 Å². The zero-order chi connectivity index (χ0) is 15.4. The van der Waals surface area contributed by atoms with Gasteiger partial charge in [0.1, 0.15) is 0 Å². The molecule has 21 heavy (non-hydrogen) atoms. The Labute approximate surface area is 142 Å². The van der Waals surface area contributed by atoms with Crippen LogP contribution in [0.5, 0.6) is 0 Å². The Kier molecular flexibility index (Phi) is 5.68. The van der Waals surface area contributed by atoms with Gasteiger partial charge in [-0.25, -0.2) is 0 Å². The van der Waals surface area contributed by atoms with Crippen LogP contribution < -0.4 is 5.32 Å². The van der Waals surface area contributed by atoms with Gasteiger partial charge < -0.3 is 5.32 Å². The van der Waals surface area contributed by atoms with Gasteiger partial charge >= 0.3 is 0 Å². The lowest BCUT2D eigenvalue weighted by atomic mass is 10.1. The summed E-state index contributed by atoms with van der Waals surface area (Å²) >= 11 is 15.4. The van der Waals surface area contributed by atoms with E-state index >= 15 is 0 Å². The minimum absolute atomic E-state index is 0.105. The van der Waals surface area contributed by atoms with Crippen LogP contribution in [0.3, 0.4) is 0 Å². The summed E-state index contributed by atoms with van der Waals surface area (Å²) in [5, 5.41) is 4.12. The average molecular weight is 387 g/mol. The van der Waals surface area contributed by atoms with Gasteiger partial charge in [-0.05, 0) is 64.7 Å². The van der Waals surface area contributed by atoms with Crippen molar-refractivity contribution in [2.24, 2.45) is 0 Å². The first-order valence-electron chi connectivity index (χ1n) is 6.45. The maximum Gasteiger partial charge on any atom is 0.252 e. The van der Waals surface area contributed by atoms with Crippen LogP contribution in [-0.2, 0) is 6.42 Å². The molecule has 2 rings (SSSR count). The molecule has 0 saturated heterocycles. The lowest BCUT2D eigenvalue weighted by Gasteiger charge is -2.09. The van der Waals surface area contributed by atoms with Gasteiger partial charge in [0.2, 0.25) is 0 Å². The quantitative estimate of drug-likeness (QED) is 0.783. The van der Waals surface area contributed by atoms with Gasteiger partial charge in [0, 0.05) is 21.1 Å². The van der Waals surface area contributed by atoms with Gasteiger partial charge in [-0.2, -0.15) is 0 Å². The molecule has 0 atom stereocenters. The molecule has 0 aliphatic carbocycles. The van der Waals surface area contributed by atoms with E-state index in [0.29, 0.717) is 28.6 Å². The topological polar surface area (TPSA) is 29.1 Å². The van der Waals surface area contributed by atoms with Crippen molar-refractivity contribution in [3.8, 4) is 0 Å². The number of hydrogen-bond acceptors (Lipinski definition) is 1. The number of hydrogen-bond donors (Lipinski definition) is 1. The molecule has 0 saturated carbocycles. The van der Waals surface area contributed by atoms with E-state index in [1.165, 1.54) is 0 Å². The monoisotopic (exact) mass is 385 g/mol. The molecule has 2 aromatic carbocycles. The summed E-state index contributed by atoms with van der Waals surface area (Å²) in [4.78, 5) is 12.1. The number of nitrogens with one attached hydrogen (secondary N) is 1. The predicted molar refractivity (Wildman–Crippen MR) is 91.4 cm³/mol. The molecule has 0 aromatic heterocycles. The van der Waals surface area contributed by atoms with Crippen molar-refractivity contribution >= 4 is 45.0 Å². The molecule has 0 bridgehead atoms. The fourth-order valence-electron chi connectivity index (χ4n) is 1.93. The Bertz CT molecular complexity index is 673. The van der Waals surface area contributed by atoms with Crippen LogP contribution in [0.1, 0.15) is 21.5 Å². The number of rotatable bonds is 4. The number of benzene rings is 2. The van der Waals surface area contributed by atoms with Gasteiger partial charge in [0.15, 0.2) is 0 Å². The second-order valence-electron chi connectivity index (χ2n) is 4.72. The minimum Gasteiger partial charge on any atom is -0.352 e. The van der Waals surface area contributed by atoms with Crippen LogP contribution in [0.2, 0.25) is 10.0 Å². The molecule has 2 nitrogen and oxygen atoms in total. The second kappa shape index (κ2) is 7.30. The molecule has 5 heteroatoms. The summed E-state index contributed by atoms with van der Waals surface area (Å²) in [7, 11) is 0. The Hall–Kier alpha value is -1.03. The summed E-state index contributed by atoms with van der Waals surface area (Å²) in [6.45, 7) is 2.50. The standard InChI is InChI=1S/C16H14BrCl2NO/c1-10-2-5-13(14(17)8-10)16(21)20-7-6-11-3-4-12(18)9-15(11)19/h2-5,8-9H,6-7H2,1H3,(H,20,21). The maximum atomic E-state index is 12.1. The van der Waals surface area contributed by atoms with Crippen LogP contribution in [0.4, 0.5) is 0 Å². The third kappa shape index (κ3) is 4.47. The summed E-state index contributed by atoms with van der Waals surface area (Å²) in [5.41, 5.74) is 2.69. The van der Waals surface area contributed by atoms with Crippen LogP contribution in [-0.4, -0.2) is 12.5 Å². The third-order valence-corrected chi connectivity index (χ3v) is 4.31. The first-order valence-corrected chi connectivity index (χ1v) is 8.00. The summed E-state index contributed by atoms with van der Waals surface area (Å²) in [6.07, 6.45) is 0.658. The van der Waals surface area contributed by atoms with Crippen LogP contribution in [0.25, 0.3) is 0 Å². The predicted octanol–water partition coefficient (Wildman–Crippen LogP) is 5.04. The van der Waals surface area contributed by atoms with Crippen molar-refractivity contribution < 1.29 is 4.79 Å². The number of halogens is 3. The SMILES string of the molecule is Cc1ccc(C(=O)NCCc2ccc(Cl)cc2Cl)c(Br)c1. The van der Waals surface area contributed by atoms with E-state index in [1.54, 1.807) is 12.1 Å². The fraction of sp³-hybridized carbons (Fsp3) is 0.188. The van der Waals surface area contributed by atoms with Gasteiger partial charge in [-0.15, -0.1) is 0 Å². The lowest BCUT2D eigenvalue weighted by Crippen LogP contribution is -2.26. The first kappa shape index (κ1) is 16.3. The van der Waals surface area contributed by atoms with E-state index in [4.69, 9.17) is 23.2 Å². The summed E-state index contributed by atoms with van der Waals surface area (Å²) in [6, 6.07) is 11.0. The highest BCUT2D eigenvalue weighted by molar-refractivity contribution is 9.10. The van der Waals surface area contributed by atoms with Gasteiger partial charge in [0.25, 0.3) is 5.91 Å². The normalized spacial score (nSPS) is 10.5. The van der Waals surface area contributed by atoms with E-state index in [-0.39, 0.29) is 5.91 Å². The molecule has 110 valence electrons. The summed E-state index contributed by atoms with van der Waals surface area (Å²) < 4.78 is 0.796. The molecule has 2 aromatic rings. The van der Waals surface area contributed by atoms with Crippen LogP contribution >= 0.6 is 39.1 Å². The number of carbonyl (C=O) groups excluding carboxylic acids is 1. The smallest absolute Gasteiger partial charge is 0.252 e. The molecular formula is C16H14BrCl2NO. The molecular weight excluding hydrogens is 373 g/mol. The van der Waals surface area contributed by atoms with Crippen LogP contribution in [0, 0.1) is 6.92 Å². The summed E-state index contributed by atoms with van der Waals surface area (Å²) in [5.74, 6) is -0.105. The average Bonchev–Trinajstić information content (AvgIpc) is 2.41. The zero-order valence-electron chi connectivity index (χ0n) is 11.4. The van der Waals surface area contributed by atoms with E-state index in [9.17, 15) is 4.79 Å². The highest BCUT2D eigenvalue weighted by Gasteiger charge is 2.09. The van der Waals surface area contributed by atoms with E-state index < -0.39 is 0 Å². The molecule has 0 unspecified atom stereocenters. The molecule has 0 aliphatic rings. The van der Waals surface area contributed by atoms with Gasteiger partial charge in [-0.1, -0.05) is 35.3 Å². The minimum atomic E-state index is -0.105. The Morgan fingerprint density at radius 1 is 1.19 bits per heavy atom. The highest BCUT2D eigenvalue weighted by atomic mass is 79.9. The van der Waals surface area contributed by atoms with Crippen molar-refractivity contribution in [3.63, 3.8) is 0 Å². The molecule has 0 spiro atoms. The Balaban J connectivity index is 1.95. The largest absolute Gasteiger partial charge is 0.352 e. The number of aryl methyl sites for hydroxylation is 1. The third-order valence-electron chi connectivity index (χ3n) is 3.06. The van der Waals surface area contributed by atoms with Crippen molar-refractivity contribution in [2.45, 2.75) is 13.3 Å². The van der Waals surface area contributed by atoms with Gasteiger partial charge in [-0.3, -0.25) is 4.79 Å². The van der Waals surface area contributed by atoms with Crippen molar-refractivity contribution in [2.75, 3.05) is 6.54 Å². The maximum absolute atomic E-state index is 12.1. The van der Waals surface area contributed by atoms with Gasteiger partial charge in [0.05, 0.1) is 5.56 Å². The zero-order valence-corrected chi connectivity index (χ0v) is 14.5.